The molecule has 0 saturated heterocycles. The topological polar surface area (TPSA) is 53.6 Å². The van der Waals surface area contributed by atoms with Crippen LogP contribution in [0.4, 0.5) is 0 Å². The van der Waals surface area contributed by atoms with Gasteiger partial charge >= 0.3 is 0 Å². The number of hydrogen-bond donors (Lipinski definition) is 1. The molecular formula is C15H17ClN4. The molecule has 4 nitrogen and oxygen atoms in total. The average Bonchev–Trinajstić information content (AvgIpc) is 2.89. The SMILES string of the molecule is CCCNCc1nccn1Cc1ccc(C#N)cc1Cl. The molecule has 20 heavy (non-hydrogen) atoms. The van der Waals surface area contributed by atoms with Crippen LogP contribution >= 0.6 is 11.6 Å². The van der Waals surface area contributed by atoms with Crippen LogP contribution in [-0.4, -0.2) is 16.1 Å². The lowest BCUT2D eigenvalue weighted by molar-refractivity contribution is 0.615. The number of benzene rings is 1. The van der Waals surface area contributed by atoms with Crippen LogP contribution in [0.1, 0.15) is 30.3 Å². The molecule has 1 aromatic carbocycles. The van der Waals surface area contributed by atoms with Gasteiger partial charge in [0.25, 0.3) is 0 Å². The smallest absolute Gasteiger partial charge is 0.122 e. The summed E-state index contributed by atoms with van der Waals surface area (Å²) in [6.07, 6.45) is 4.83. The predicted octanol–water partition coefficient (Wildman–Crippen LogP) is 2.96. The summed E-state index contributed by atoms with van der Waals surface area (Å²) in [5, 5.41) is 12.8. The normalized spacial score (nSPS) is 10.4. The Morgan fingerprint density at radius 2 is 2.30 bits per heavy atom. The Morgan fingerprint density at radius 1 is 1.45 bits per heavy atom. The van der Waals surface area contributed by atoms with E-state index in [4.69, 9.17) is 16.9 Å². The van der Waals surface area contributed by atoms with Gasteiger partial charge < -0.3 is 9.88 Å². The third kappa shape index (κ3) is 3.60. The molecule has 104 valence electrons. The molecule has 1 aromatic heterocycles. The van der Waals surface area contributed by atoms with Crippen LogP contribution in [0.5, 0.6) is 0 Å². The molecule has 0 aliphatic heterocycles. The highest BCUT2D eigenvalue weighted by Crippen LogP contribution is 2.19. The molecule has 1 N–H and O–H groups in total. The number of imidazole rings is 1. The summed E-state index contributed by atoms with van der Waals surface area (Å²) >= 11 is 6.20. The molecule has 5 heteroatoms. The van der Waals surface area contributed by atoms with Crippen LogP contribution in [0.15, 0.2) is 30.6 Å². The largest absolute Gasteiger partial charge is 0.329 e. The van der Waals surface area contributed by atoms with Gasteiger partial charge in [-0.15, -0.1) is 0 Å². The van der Waals surface area contributed by atoms with E-state index in [0.717, 1.165) is 30.9 Å². The maximum Gasteiger partial charge on any atom is 0.122 e. The fraction of sp³-hybridized carbons (Fsp3) is 0.333. The van der Waals surface area contributed by atoms with Crippen molar-refractivity contribution in [3.05, 3.63) is 52.6 Å². The van der Waals surface area contributed by atoms with Crippen molar-refractivity contribution in [1.29, 1.82) is 5.26 Å². The van der Waals surface area contributed by atoms with Gasteiger partial charge in [-0.3, -0.25) is 0 Å². The van der Waals surface area contributed by atoms with Crippen molar-refractivity contribution in [3.63, 3.8) is 0 Å². The van der Waals surface area contributed by atoms with E-state index >= 15 is 0 Å². The maximum atomic E-state index is 8.84. The second-order valence-electron chi connectivity index (χ2n) is 4.57. The third-order valence-electron chi connectivity index (χ3n) is 3.03. The first kappa shape index (κ1) is 14.6. The van der Waals surface area contributed by atoms with Gasteiger partial charge in [-0.1, -0.05) is 24.6 Å². The van der Waals surface area contributed by atoms with Gasteiger partial charge in [0.05, 0.1) is 24.7 Å². The van der Waals surface area contributed by atoms with Gasteiger partial charge in [-0.2, -0.15) is 5.26 Å². The van der Waals surface area contributed by atoms with Crippen molar-refractivity contribution in [2.45, 2.75) is 26.4 Å². The first-order valence-corrected chi connectivity index (χ1v) is 7.01. The van der Waals surface area contributed by atoms with E-state index in [1.165, 1.54) is 0 Å². The first-order valence-electron chi connectivity index (χ1n) is 6.64. The Balaban J connectivity index is 2.10. The van der Waals surface area contributed by atoms with Crippen LogP contribution in [0.25, 0.3) is 0 Å². The van der Waals surface area contributed by atoms with Gasteiger partial charge in [0.2, 0.25) is 0 Å². The van der Waals surface area contributed by atoms with Gasteiger partial charge in [-0.25, -0.2) is 4.98 Å². The Kier molecular flexibility index (Phi) is 5.16. The van der Waals surface area contributed by atoms with Crippen molar-refractivity contribution in [2.75, 3.05) is 6.54 Å². The van der Waals surface area contributed by atoms with Crippen molar-refractivity contribution in [1.82, 2.24) is 14.9 Å². The van der Waals surface area contributed by atoms with Crippen molar-refractivity contribution >= 4 is 11.6 Å². The average molecular weight is 289 g/mol. The molecule has 0 atom stereocenters. The number of halogens is 1. The van der Waals surface area contributed by atoms with Crippen LogP contribution < -0.4 is 5.32 Å². The minimum Gasteiger partial charge on any atom is -0.329 e. The summed E-state index contributed by atoms with van der Waals surface area (Å²) in [5.41, 5.74) is 1.56. The van der Waals surface area contributed by atoms with E-state index in [1.807, 2.05) is 12.3 Å². The number of nitrogens with zero attached hydrogens (tertiary/aromatic N) is 3. The highest BCUT2D eigenvalue weighted by atomic mass is 35.5. The minimum atomic E-state index is 0.578. The van der Waals surface area contributed by atoms with E-state index in [-0.39, 0.29) is 0 Å². The molecule has 0 aliphatic rings. The maximum absolute atomic E-state index is 8.84. The van der Waals surface area contributed by atoms with E-state index in [0.29, 0.717) is 17.1 Å². The van der Waals surface area contributed by atoms with Crippen LogP contribution in [0, 0.1) is 11.3 Å². The summed E-state index contributed by atoms with van der Waals surface area (Å²) in [5.74, 6) is 0.985. The van der Waals surface area contributed by atoms with Crippen LogP contribution in [-0.2, 0) is 13.1 Å². The monoisotopic (exact) mass is 288 g/mol. The lowest BCUT2D eigenvalue weighted by Crippen LogP contribution is -2.18. The highest BCUT2D eigenvalue weighted by molar-refractivity contribution is 6.31. The lowest BCUT2D eigenvalue weighted by atomic mass is 10.1. The van der Waals surface area contributed by atoms with Crippen LogP contribution in [0.2, 0.25) is 5.02 Å². The van der Waals surface area contributed by atoms with Gasteiger partial charge in [0, 0.05) is 17.4 Å². The summed E-state index contributed by atoms with van der Waals surface area (Å²) < 4.78 is 2.07. The molecule has 0 fully saturated rings. The summed E-state index contributed by atoms with van der Waals surface area (Å²) in [6.45, 7) is 4.52. The second kappa shape index (κ2) is 7.09. The van der Waals surface area contributed by atoms with Crippen molar-refractivity contribution < 1.29 is 0 Å². The number of aromatic nitrogens is 2. The van der Waals surface area contributed by atoms with E-state index < -0.39 is 0 Å². The molecule has 0 spiro atoms. The fourth-order valence-corrected chi connectivity index (χ4v) is 2.20. The number of nitriles is 1. The van der Waals surface area contributed by atoms with Crippen molar-refractivity contribution in [2.24, 2.45) is 0 Å². The molecule has 2 rings (SSSR count). The summed E-state index contributed by atoms with van der Waals surface area (Å²) in [6, 6.07) is 7.46. The minimum absolute atomic E-state index is 0.578. The molecule has 0 bridgehead atoms. The molecule has 0 amide bonds. The van der Waals surface area contributed by atoms with Crippen LogP contribution in [0.3, 0.4) is 0 Å². The zero-order chi connectivity index (χ0) is 14.4. The highest BCUT2D eigenvalue weighted by Gasteiger charge is 2.06. The third-order valence-corrected chi connectivity index (χ3v) is 3.39. The zero-order valence-corrected chi connectivity index (χ0v) is 12.2. The number of rotatable bonds is 6. The Bertz CT molecular complexity index is 613. The van der Waals surface area contributed by atoms with Crippen molar-refractivity contribution in [3.8, 4) is 6.07 Å². The second-order valence-corrected chi connectivity index (χ2v) is 4.97. The van der Waals surface area contributed by atoms with E-state index in [1.54, 1.807) is 18.3 Å². The molecule has 0 radical (unpaired) electrons. The molecule has 0 saturated carbocycles. The Morgan fingerprint density at radius 3 is 3.00 bits per heavy atom. The molecule has 0 unspecified atom stereocenters. The van der Waals surface area contributed by atoms with Gasteiger partial charge in [-0.05, 0) is 30.7 Å². The summed E-state index contributed by atoms with van der Waals surface area (Å²) in [4.78, 5) is 4.35. The molecule has 2 aromatic rings. The van der Waals surface area contributed by atoms with E-state index in [9.17, 15) is 0 Å². The number of hydrogen-bond acceptors (Lipinski definition) is 3. The molecule has 0 aliphatic carbocycles. The summed E-state index contributed by atoms with van der Waals surface area (Å²) in [7, 11) is 0. The predicted molar refractivity (Wildman–Crippen MR) is 79.5 cm³/mol. The Labute approximate surface area is 124 Å². The molecule has 1 heterocycles. The van der Waals surface area contributed by atoms with Gasteiger partial charge in [0.1, 0.15) is 5.82 Å². The Hall–Kier alpha value is -1.83. The standard InChI is InChI=1S/C15H17ClN4/c1-2-5-18-10-15-19-6-7-20(15)11-13-4-3-12(9-17)8-14(13)16/h3-4,6-8,18H,2,5,10-11H2,1H3. The van der Waals surface area contributed by atoms with Gasteiger partial charge in [0.15, 0.2) is 0 Å². The fourth-order valence-electron chi connectivity index (χ4n) is 1.96. The van der Waals surface area contributed by atoms with E-state index in [2.05, 4.69) is 27.9 Å². The lowest BCUT2D eigenvalue weighted by Gasteiger charge is -2.10. The first-order chi connectivity index (χ1) is 9.74. The number of nitrogens with one attached hydrogen (secondary N) is 1. The zero-order valence-electron chi connectivity index (χ0n) is 11.4. The quantitative estimate of drug-likeness (QED) is 0.832. The molecular weight excluding hydrogens is 272 g/mol.